The lowest BCUT2D eigenvalue weighted by atomic mass is 9.94. The molecule has 3 heteroatoms. The van der Waals surface area contributed by atoms with Crippen LogP contribution in [0, 0.1) is 5.92 Å². The van der Waals surface area contributed by atoms with Gasteiger partial charge in [-0.25, -0.2) is 0 Å². The lowest BCUT2D eigenvalue weighted by molar-refractivity contribution is 0.0917. The fraction of sp³-hybridized carbons (Fsp3) is 0.750. The number of hydrogen-bond acceptors (Lipinski definition) is 3. The number of nitrogens with one attached hydrogen (secondary N) is 1. The van der Waals surface area contributed by atoms with E-state index in [1.54, 1.807) is 0 Å². The molecule has 1 aliphatic heterocycles. The minimum atomic E-state index is 0.684. The highest BCUT2D eigenvalue weighted by molar-refractivity contribution is 7.09. The summed E-state index contributed by atoms with van der Waals surface area (Å²) in [7, 11) is 0. The number of nitrogens with zero attached hydrogens (tertiary/aromatic N) is 1. The van der Waals surface area contributed by atoms with Crippen LogP contribution >= 0.6 is 11.3 Å². The molecule has 2 rings (SSSR count). The second-order valence-electron chi connectivity index (χ2n) is 5.79. The van der Waals surface area contributed by atoms with Gasteiger partial charge in [-0.1, -0.05) is 33.3 Å². The molecule has 2 heterocycles. The van der Waals surface area contributed by atoms with Crippen LogP contribution in [0.1, 0.15) is 38.5 Å². The van der Waals surface area contributed by atoms with E-state index in [1.165, 1.54) is 37.2 Å². The lowest BCUT2D eigenvalue weighted by Gasteiger charge is -2.43. The molecule has 0 amide bonds. The molecule has 2 nitrogen and oxygen atoms in total. The smallest absolute Gasteiger partial charge is 0.0247 e. The van der Waals surface area contributed by atoms with Crippen molar-refractivity contribution < 1.29 is 0 Å². The minimum Gasteiger partial charge on any atom is -0.311 e. The number of thiophene rings is 1. The quantitative estimate of drug-likeness (QED) is 0.859. The summed E-state index contributed by atoms with van der Waals surface area (Å²) in [6.07, 6.45) is 3.72. The van der Waals surface area contributed by atoms with Crippen molar-refractivity contribution in [3.05, 3.63) is 22.4 Å². The normalized spacial score (nSPS) is 26.5. The van der Waals surface area contributed by atoms with E-state index in [2.05, 4.69) is 48.5 Å². The second-order valence-corrected chi connectivity index (χ2v) is 6.82. The van der Waals surface area contributed by atoms with Gasteiger partial charge in [-0.3, -0.25) is 4.90 Å². The Bertz CT molecular complexity index is 350. The Morgan fingerprint density at radius 3 is 2.95 bits per heavy atom. The standard InChI is InChI=1S/C16H28N2S/c1-4-13(3)16-11-17-14(5-2)12-18(16)9-8-15-7-6-10-19-15/h6-7,10,13-14,16-17H,4-5,8-9,11-12H2,1-3H3. The molecule has 1 aromatic rings. The Morgan fingerprint density at radius 2 is 2.32 bits per heavy atom. The van der Waals surface area contributed by atoms with Gasteiger partial charge >= 0.3 is 0 Å². The molecule has 1 N–H and O–H groups in total. The van der Waals surface area contributed by atoms with Gasteiger partial charge in [0, 0.05) is 36.6 Å². The van der Waals surface area contributed by atoms with Crippen molar-refractivity contribution >= 4 is 11.3 Å². The molecule has 1 aliphatic rings. The highest BCUT2D eigenvalue weighted by Crippen LogP contribution is 2.20. The van der Waals surface area contributed by atoms with Gasteiger partial charge in [0.05, 0.1) is 0 Å². The summed E-state index contributed by atoms with van der Waals surface area (Å²) in [5, 5.41) is 5.91. The first-order chi connectivity index (χ1) is 9.24. The van der Waals surface area contributed by atoms with Crippen molar-refractivity contribution in [3.63, 3.8) is 0 Å². The van der Waals surface area contributed by atoms with E-state index in [-0.39, 0.29) is 0 Å². The summed E-state index contributed by atoms with van der Waals surface area (Å²) >= 11 is 1.89. The third-order valence-corrected chi connectivity index (χ3v) is 5.49. The summed E-state index contributed by atoms with van der Waals surface area (Å²) in [6, 6.07) is 5.83. The molecule has 0 bridgehead atoms. The highest BCUT2D eigenvalue weighted by atomic mass is 32.1. The fourth-order valence-electron chi connectivity index (χ4n) is 2.97. The van der Waals surface area contributed by atoms with E-state index in [0.29, 0.717) is 12.1 Å². The van der Waals surface area contributed by atoms with Gasteiger partial charge in [0.15, 0.2) is 0 Å². The van der Waals surface area contributed by atoms with Crippen LogP contribution in [0.15, 0.2) is 17.5 Å². The predicted molar refractivity (Wildman–Crippen MR) is 84.9 cm³/mol. The van der Waals surface area contributed by atoms with Gasteiger partial charge in [-0.05, 0) is 30.2 Å². The van der Waals surface area contributed by atoms with Crippen molar-refractivity contribution in [2.24, 2.45) is 5.92 Å². The molecular formula is C16H28N2S. The molecule has 1 fully saturated rings. The molecule has 19 heavy (non-hydrogen) atoms. The Labute approximate surface area is 122 Å². The largest absolute Gasteiger partial charge is 0.311 e. The van der Waals surface area contributed by atoms with Gasteiger partial charge in [-0.15, -0.1) is 11.3 Å². The van der Waals surface area contributed by atoms with Crippen LogP contribution in [-0.4, -0.2) is 36.6 Å². The number of hydrogen-bond donors (Lipinski definition) is 1. The molecule has 3 atom stereocenters. The molecule has 0 saturated carbocycles. The van der Waals surface area contributed by atoms with Crippen molar-refractivity contribution in [2.75, 3.05) is 19.6 Å². The van der Waals surface area contributed by atoms with E-state index in [9.17, 15) is 0 Å². The molecule has 0 spiro atoms. The summed E-state index contributed by atoms with van der Waals surface area (Å²) in [6.45, 7) is 10.6. The van der Waals surface area contributed by atoms with Crippen LogP contribution in [0.3, 0.4) is 0 Å². The molecule has 0 radical (unpaired) electrons. The monoisotopic (exact) mass is 280 g/mol. The maximum Gasteiger partial charge on any atom is 0.0247 e. The SMILES string of the molecule is CCC1CN(CCc2cccs2)C(C(C)CC)CN1. The third-order valence-electron chi connectivity index (χ3n) is 4.56. The molecule has 1 aromatic heterocycles. The Hall–Kier alpha value is -0.380. The fourth-order valence-corrected chi connectivity index (χ4v) is 3.67. The van der Waals surface area contributed by atoms with Crippen molar-refractivity contribution in [3.8, 4) is 0 Å². The zero-order valence-corrected chi connectivity index (χ0v) is 13.4. The van der Waals surface area contributed by atoms with Gasteiger partial charge in [-0.2, -0.15) is 0 Å². The number of piperazine rings is 1. The zero-order chi connectivity index (χ0) is 13.7. The first kappa shape index (κ1) is 15.0. The first-order valence-corrected chi connectivity index (χ1v) is 8.62. The second kappa shape index (κ2) is 7.41. The van der Waals surface area contributed by atoms with Crippen molar-refractivity contribution in [1.29, 1.82) is 0 Å². The van der Waals surface area contributed by atoms with Gasteiger partial charge < -0.3 is 5.32 Å². The Kier molecular flexibility index (Phi) is 5.86. The highest BCUT2D eigenvalue weighted by Gasteiger charge is 2.29. The van der Waals surface area contributed by atoms with Gasteiger partial charge in [0.2, 0.25) is 0 Å². The van der Waals surface area contributed by atoms with Crippen molar-refractivity contribution in [1.82, 2.24) is 10.2 Å². The summed E-state index contributed by atoms with van der Waals surface area (Å²) in [5.41, 5.74) is 0. The first-order valence-electron chi connectivity index (χ1n) is 7.74. The molecule has 1 saturated heterocycles. The maximum atomic E-state index is 3.72. The average molecular weight is 280 g/mol. The molecule has 3 unspecified atom stereocenters. The molecule has 0 aromatic carbocycles. The molecular weight excluding hydrogens is 252 g/mol. The van der Waals surface area contributed by atoms with Crippen LogP contribution in [0.25, 0.3) is 0 Å². The maximum absolute atomic E-state index is 3.72. The van der Waals surface area contributed by atoms with Crippen LogP contribution < -0.4 is 5.32 Å². The van der Waals surface area contributed by atoms with Crippen LogP contribution in [0.2, 0.25) is 0 Å². The van der Waals surface area contributed by atoms with E-state index in [0.717, 1.165) is 12.5 Å². The van der Waals surface area contributed by atoms with Gasteiger partial charge in [0.25, 0.3) is 0 Å². The van der Waals surface area contributed by atoms with E-state index in [4.69, 9.17) is 0 Å². The Morgan fingerprint density at radius 1 is 1.47 bits per heavy atom. The summed E-state index contributed by atoms with van der Waals surface area (Å²) < 4.78 is 0. The Balaban J connectivity index is 1.94. The van der Waals surface area contributed by atoms with Crippen LogP contribution in [0.5, 0.6) is 0 Å². The minimum absolute atomic E-state index is 0.684. The van der Waals surface area contributed by atoms with Crippen LogP contribution in [0.4, 0.5) is 0 Å². The summed E-state index contributed by atoms with van der Waals surface area (Å²) in [4.78, 5) is 4.26. The van der Waals surface area contributed by atoms with Crippen LogP contribution in [-0.2, 0) is 6.42 Å². The lowest BCUT2D eigenvalue weighted by Crippen LogP contribution is -2.58. The van der Waals surface area contributed by atoms with Gasteiger partial charge in [0.1, 0.15) is 0 Å². The average Bonchev–Trinajstić information content (AvgIpc) is 2.97. The van der Waals surface area contributed by atoms with E-state index >= 15 is 0 Å². The predicted octanol–water partition coefficient (Wildman–Crippen LogP) is 3.39. The molecule has 108 valence electrons. The number of rotatable bonds is 6. The zero-order valence-electron chi connectivity index (χ0n) is 12.6. The van der Waals surface area contributed by atoms with E-state index in [1.807, 2.05) is 11.3 Å². The topological polar surface area (TPSA) is 15.3 Å². The third kappa shape index (κ3) is 4.04. The van der Waals surface area contributed by atoms with E-state index < -0.39 is 0 Å². The molecule has 0 aliphatic carbocycles. The summed E-state index contributed by atoms with van der Waals surface area (Å²) in [5.74, 6) is 0.786. The van der Waals surface area contributed by atoms with Crippen molar-refractivity contribution in [2.45, 2.75) is 52.1 Å².